The number of nitrogens with one attached hydrogen (secondary N) is 1. The van der Waals surface area contributed by atoms with Crippen LogP contribution in [0, 0.1) is 0 Å². The number of thiocarbonyl (C=S) groups is 1. The van der Waals surface area contributed by atoms with Crippen molar-refractivity contribution < 1.29 is 9.53 Å². The normalized spacial score (nSPS) is 19.7. The molecule has 1 fully saturated rings. The van der Waals surface area contributed by atoms with Gasteiger partial charge in [0.2, 0.25) is 0 Å². The summed E-state index contributed by atoms with van der Waals surface area (Å²) >= 11 is 5.96. The predicted octanol–water partition coefficient (Wildman–Crippen LogP) is 4.82. The molecule has 2 aliphatic rings. The highest BCUT2D eigenvalue weighted by Gasteiger charge is 2.50. The van der Waals surface area contributed by atoms with Crippen molar-refractivity contribution in [3.8, 4) is 5.75 Å². The Balaban J connectivity index is 1.51. The minimum absolute atomic E-state index is 0.0553. The summed E-state index contributed by atoms with van der Waals surface area (Å²) < 4.78 is 5.74. The third-order valence-corrected chi connectivity index (χ3v) is 7.18. The molecular formula is C27H23N3O2S. The van der Waals surface area contributed by atoms with Crippen molar-refractivity contribution in [2.75, 3.05) is 7.11 Å². The van der Waals surface area contributed by atoms with Gasteiger partial charge in [-0.1, -0.05) is 66.7 Å². The number of carbonyl (C=O) groups excluding carboxylic acids is 1. The quantitative estimate of drug-likeness (QED) is 0.450. The molecule has 2 unspecified atom stereocenters. The number of rotatable bonds is 4. The third kappa shape index (κ3) is 3.05. The van der Waals surface area contributed by atoms with Crippen molar-refractivity contribution in [2.24, 2.45) is 0 Å². The molecule has 164 valence electrons. The molecule has 33 heavy (non-hydrogen) atoms. The van der Waals surface area contributed by atoms with Gasteiger partial charge in [0, 0.05) is 28.6 Å². The molecule has 3 heterocycles. The Labute approximate surface area is 197 Å². The summed E-state index contributed by atoms with van der Waals surface area (Å²) in [6.07, 6.45) is 0.620. The molecular weight excluding hydrogens is 430 g/mol. The van der Waals surface area contributed by atoms with Crippen LogP contribution >= 0.6 is 12.2 Å². The van der Waals surface area contributed by atoms with Crippen LogP contribution in [-0.2, 0) is 17.8 Å². The van der Waals surface area contributed by atoms with E-state index in [1.54, 1.807) is 12.0 Å². The zero-order chi connectivity index (χ0) is 22.5. The summed E-state index contributed by atoms with van der Waals surface area (Å²) in [7, 11) is 1.68. The zero-order valence-corrected chi connectivity index (χ0v) is 19.0. The van der Waals surface area contributed by atoms with Gasteiger partial charge in [-0.25, -0.2) is 0 Å². The summed E-state index contributed by atoms with van der Waals surface area (Å²) in [4.78, 5) is 21.2. The highest BCUT2D eigenvalue weighted by molar-refractivity contribution is 7.80. The zero-order valence-electron chi connectivity index (χ0n) is 18.2. The Morgan fingerprint density at radius 1 is 1.00 bits per heavy atom. The number of hydrogen-bond acceptors (Lipinski definition) is 3. The van der Waals surface area contributed by atoms with Crippen molar-refractivity contribution in [1.82, 2.24) is 14.8 Å². The minimum Gasteiger partial charge on any atom is -0.496 e. The number of amides is 1. The number of carbonyl (C=O) groups is 1. The van der Waals surface area contributed by atoms with Crippen LogP contribution in [0.3, 0.4) is 0 Å². The summed E-state index contributed by atoms with van der Waals surface area (Å²) in [5, 5.41) is 1.72. The molecule has 1 N–H and O–H groups in total. The fraction of sp³-hybridized carbons (Fsp3) is 0.185. The van der Waals surface area contributed by atoms with Crippen molar-refractivity contribution >= 4 is 34.1 Å². The molecule has 0 aliphatic carbocycles. The van der Waals surface area contributed by atoms with Gasteiger partial charge in [-0.3, -0.25) is 9.69 Å². The van der Waals surface area contributed by atoms with Gasteiger partial charge >= 0.3 is 0 Å². The topological polar surface area (TPSA) is 48.6 Å². The Morgan fingerprint density at radius 3 is 2.55 bits per heavy atom. The van der Waals surface area contributed by atoms with E-state index in [9.17, 15) is 4.79 Å². The average Bonchev–Trinajstić information content (AvgIpc) is 3.34. The maximum absolute atomic E-state index is 13.7. The van der Waals surface area contributed by atoms with Crippen LogP contribution < -0.4 is 4.74 Å². The van der Waals surface area contributed by atoms with Crippen LogP contribution in [0.1, 0.15) is 28.4 Å². The first-order chi connectivity index (χ1) is 16.2. The van der Waals surface area contributed by atoms with E-state index in [1.165, 1.54) is 5.56 Å². The first-order valence-electron chi connectivity index (χ1n) is 11.1. The lowest BCUT2D eigenvalue weighted by atomic mass is 9.88. The highest BCUT2D eigenvalue weighted by Crippen LogP contribution is 2.46. The minimum atomic E-state index is -0.345. The summed E-state index contributed by atoms with van der Waals surface area (Å²) in [5.74, 6) is 0.837. The molecule has 0 spiro atoms. The average molecular weight is 454 g/mol. The van der Waals surface area contributed by atoms with Crippen molar-refractivity contribution in [3.63, 3.8) is 0 Å². The molecule has 1 aromatic heterocycles. The second kappa shape index (κ2) is 7.74. The maximum Gasteiger partial charge on any atom is 0.252 e. The number of benzene rings is 3. The Morgan fingerprint density at radius 2 is 1.73 bits per heavy atom. The lowest BCUT2D eigenvalue weighted by Crippen LogP contribution is -2.44. The first kappa shape index (κ1) is 20.0. The van der Waals surface area contributed by atoms with Gasteiger partial charge in [-0.05, 0) is 35.5 Å². The second-order valence-corrected chi connectivity index (χ2v) is 8.89. The lowest BCUT2D eigenvalue weighted by molar-refractivity contribution is -0.128. The molecule has 6 heteroatoms. The van der Waals surface area contributed by atoms with Crippen LogP contribution in [0.2, 0.25) is 0 Å². The molecule has 3 aromatic carbocycles. The number of para-hydroxylation sites is 2. The number of aromatic nitrogens is 1. The van der Waals surface area contributed by atoms with Gasteiger partial charge in [0.15, 0.2) is 5.11 Å². The van der Waals surface area contributed by atoms with Gasteiger partial charge < -0.3 is 14.6 Å². The fourth-order valence-corrected chi connectivity index (χ4v) is 5.64. The molecule has 2 atom stereocenters. The summed E-state index contributed by atoms with van der Waals surface area (Å²) in [6, 6.07) is 25.7. The number of nitrogens with zero attached hydrogens (tertiary/aromatic N) is 2. The Bertz CT molecular complexity index is 1380. The molecule has 0 radical (unpaired) electrons. The number of H-pyrrole nitrogens is 1. The van der Waals surface area contributed by atoms with E-state index < -0.39 is 0 Å². The molecule has 4 aromatic rings. The summed E-state index contributed by atoms with van der Waals surface area (Å²) in [6.45, 7) is 0.471. The largest absolute Gasteiger partial charge is 0.496 e. The van der Waals surface area contributed by atoms with Gasteiger partial charge in [-0.15, -0.1) is 0 Å². The molecule has 1 amide bonds. The van der Waals surface area contributed by atoms with E-state index in [4.69, 9.17) is 17.0 Å². The van der Waals surface area contributed by atoms with Crippen molar-refractivity contribution in [3.05, 3.63) is 101 Å². The molecule has 0 bridgehead atoms. The van der Waals surface area contributed by atoms with Crippen molar-refractivity contribution in [1.29, 1.82) is 0 Å². The standard InChI is InChI=1S/C27H23N3O2S/c1-32-23-14-8-6-12-19(23)25-24-20(18-11-5-7-13-21(18)28-24)15-22-26(31)29(27(33)30(22)25)16-17-9-3-2-4-10-17/h2-14,22,25,28H,15-16H2,1H3. The van der Waals surface area contributed by atoms with Gasteiger partial charge in [0.25, 0.3) is 5.91 Å². The molecule has 5 nitrogen and oxygen atoms in total. The van der Waals surface area contributed by atoms with E-state index in [0.29, 0.717) is 18.1 Å². The van der Waals surface area contributed by atoms with E-state index in [0.717, 1.165) is 33.5 Å². The van der Waals surface area contributed by atoms with Crippen LogP contribution in [-0.4, -0.2) is 39.0 Å². The monoisotopic (exact) mass is 453 g/mol. The Hall–Kier alpha value is -3.64. The number of aromatic amines is 1. The van der Waals surface area contributed by atoms with Crippen LogP contribution in [0.4, 0.5) is 0 Å². The number of hydrogen-bond donors (Lipinski definition) is 1. The van der Waals surface area contributed by atoms with Crippen LogP contribution in [0.5, 0.6) is 5.75 Å². The molecule has 2 aliphatic heterocycles. The number of ether oxygens (including phenoxy) is 1. The Kier molecular flexibility index (Phi) is 4.69. The first-order valence-corrected chi connectivity index (χ1v) is 11.5. The third-order valence-electron chi connectivity index (χ3n) is 6.75. The predicted molar refractivity (Wildman–Crippen MR) is 132 cm³/mol. The second-order valence-electron chi connectivity index (χ2n) is 8.53. The van der Waals surface area contributed by atoms with Crippen LogP contribution in [0.15, 0.2) is 78.9 Å². The van der Waals surface area contributed by atoms with E-state index in [1.807, 2.05) is 60.7 Å². The van der Waals surface area contributed by atoms with Gasteiger partial charge in [0.05, 0.1) is 13.7 Å². The van der Waals surface area contributed by atoms with Gasteiger partial charge in [-0.2, -0.15) is 0 Å². The smallest absolute Gasteiger partial charge is 0.252 e. The van der Waals surface area contributed by atoms with E-state index in [2.05, 4.69) is 28.1 Å². The van der Waals surface area contributed by atoms with E-state index >= 15 is 0 Å². The number of fused-ring (bicyclic) bond motifs is 4. The summed E-state index contributed by atoms with van der Waals surface area (Å²) in [5.41, 5.74) is 5.39. The number of methoxy groups -OCH3 is 1. The molecule has 1 saturated heterocycles. The molecule has 6 rings (SSSR count). The fourth-order valence-electron chi connectivity index (χ4n) is 5.26. The molecule has 0 saturated carbocycles. The van der Waals surface area contributed by atoms with Crippen molar-refractivity contribution in [2.45, 2.75) is 25.0 Å². The maximum atomic E-state index is 13.7. The highest BCUT2D eigenvalue weighted by atomic mass is 32.1. The lowest BCUT2D eigenvalue weighted by Gasteiger charge is -2.38. The van der Waals surface area contributed by atoms with Crippen LogP contribution in [0.25, 0.3) is 10.9 Å². The van der Waals surface area contributed by atoms with E-state index in [-0.39, 0.29) is 18.0 Å². The SMILES string of the molecule is COc1ccccc1C1c2[nH]c3ccccc3c2CC2C(=O)N(Cc3ccccc3)C(=S)N21. The van der Waals surface area contributed by atoms with Gasteiger partial charge in [0.1, 0.15) is 17.8 Å².